The summed E-state index contributed by atoms with van der Waals surface area (Å²) in [5, 5.41) is 0. The molecule has 80 valence electrons. The van der Waals surface area contributed by atoms with E-state index in [1.54, 1.807) is 10.5 Å². The van der Waals surface area contributed by atoms with E-state index in [1.165, 1.54) is 12.3 Å². The number of hydrogen-bond acceptors (Lipinski definition) is 2. The molecule has 0 saturated carbocycles. The maximum Gasteiger partial charge on any atom is 0.139 e. The first kappa shape index (κ1) is 10.1. The van der Waals surface area contributed by atoms with Crippen LogP contribution in [0.2, 0.25) is 0 Å². The molecule has 0 saturated heterocycles. The van der Waals surface area contributed by atoms with Crippen molar-refractivity contribution in [3.63, 3.8) is 0 Å². The zero-order valence-electron chi connectivity index (χ0n) is 8.87. The third-order valence-electron chi connectivity index (χ3n) is 2.44. The molecule has 0 aliphatic carbocycles. The minimum atomic E-state index is -0.259. The number of halogens is 1. The number of nitrogens with zero attached hydrogens (tertiary/aromatic N) is 2. The molecule has 0 spiro atoms. The summed E-state index contributed by atoms with van der Waals surface area (Å²) < 4.78 is 14.9. The fourth-order valence-electron chi connectivity index (χ4n) is 1.85. The molecule has 4 heteroatoms. The number of nitrogens with two attached hydrogens (primary N) is 1. The molecule has 0 aliphatic rings. The molecule has 2 heterocycles. The van der Waals surface area contributed by atoms with Crippen molar-refractivity contribution in [1.29, 1.82) is 0 Å². The van der Waals surface area contributed by atoms with Crippen molar-refractivity contribution in [2.24, 2.45) is 5.73 Å². The number of pyridine rings is 1. The van der Waals surface area contributed by atoms with Gasteiger partial charge in [-0.2, -0.15) is 0 Å². The molecule has 0 atom stereocenters. The van der Waals surface area contributed by atoms with Crippen LogP contribution in [0.25, 0.3) is 5.65 Å². The Hall–Kier alpha value is -1.42. The van der Waals surface area contributed by atoms with E-state index >= 15 is 0 Å². The first-order chi connectivity index (χ1) is 7.13. The van der Waals surface area contributed by atoms with Gasteiger partial charge >= 0.3 is 0 Å². The van der Waals surface area contributed by atoms with Crippen molar-refractivity contribution in [2.75, 3.05) is 0 Å². The molecule has 2 rings (SSSR count). The van der Waals surface area contributed by atoms with Crippen LogP contribution < -0.4 is 5.73 Å². The van der Waals surface area contributed by atoms with Crippen molar-refractivity contribution >= 4 is 5.65 Å². The summed E-state index contributed by atoms with van der Waals surface area (Å²) in [6.45, 7) is 4.48. The summed E-state index contributed by atoms with van der Waals surface area (Å²) in [4.78, 5) is 4.36. The summed E-state index contributed by atoms with van der Waals surface area (Å²) in [5.41, 5.74) is 8.21. The van der Waals surface area contributed by atoms with Crippen molar-refractivity contribution in [1.82, 2.24) is 9.38 Å². The van der Waals surface area contributed by atoms with E-state index in [0.717, 1.165) is 17.0 Å². The molecule has 0 fully saturated rings. The summed E-state index contributed by atoms with van der Waals surface area (Å²) in [5.74, 6) is 0.0192. The van der Waals surface area contributed by atoms with Gasteiger partial charge in [0.1, 0.15) is 11.5 Å². The van der Waals surface area contributed by atoms with E-state index in [4.69, 9.17) is 5.73 Å². The average Bonchev–Trinajstić information content (AvgIpc) is 2.55. The van der Waals surface area contributed by atoms with E-state index in [0.29, 0.717) is 6.54 Å². The average molecular weight is 207 g/mol. The molecule has 2 aromatic heterocycles. The molecule has 0 unspecified atom stereocenters. The van der Waals surface area contributed by atoms with Crippen LogP contribution in [-0.2, 0) is 6.54 Å². The third-order valence-corrected chi connectivity index (χ3v) is 2.44. The van der Waals surface area contributed by atoms with Gasteiger partial charge in [-0.25, -0.2) is 9.37 Å². The van der Waals surface area contributed by atoms with Crippen LogP contribution in [0.4, 0.5) is 4.39 Å². The molecule has 2 N–H and O–H groups in total. The van der Waals surface area contributed by atoms with Gasteiger partial charge in [-0.15, -0.1) is 0 Å². The van der Waals surface area contributed by atoms with E-state index in [1.807, 2.05) is 13.8 Å². The number of fused-ring (bicyclic) bond motifs is 1. The molecule has 0 amide bonds. The van der Waals surface area contributed by atoms with Crippen LogP contribution in [0.3, 0.4) is 0 Å². The fraction of sp³-hybridized carbons (Fsp3) is 0.364. The molecule has 0 aromatic carbocycles. The molecule has 2 aromatic rings. The minimum Gasteiger partial charge on any atom is -0.325 e. The van der Waals surface area contributed by atoms with Gasteiger partial charge in [0, 0.05) is 18.4 Å². The molecule has 0 radical (unpaired) electrons. The summed E-state index contributed by atoms with van der Waals surface area (Å²) in [6.07, 6.45) is 1.46. The van der Waals surface area contributed by atoms with Crippen LogP contribution in [0.1, 0.15) is 31.2 Å². The summed E-state index contributed by atoms with van der Waals surface area (Å²) >= 11 is 0. The number of hydrogen-bond donors (Lipinski definition) is 1. The second-order valence-corrected chi connectivity index (χ2v) is 3.88. The Morgan fingerprint density at radius 2 is 2.20 bits per heavy atom. The fourth-order valence-corrected chi connectivity index (χ4v) is 1.85. The molecule has 0 aliphatic heterocycles. The number of rotatable bonds is 2. The first-order valence-electron chi connectivity index (χ1n) is 5.00. The first-order valence-corrected chi connectivity index (χ1v) is 5.00. The summed E-state index contributed by atoms with van der Waals surface area (Å²) in [6, 6.07) is 3.08. The standard InChI is InChI=1S/C11H14FN3/c1-7(2)11-9(5-13)14-10-4-3-8(12)6-15(10)11/h3-4,6-7H,5,13H2,1-2H3. The second-order valence-electron chi connectivity index (χ2n) is 3.88. The predicted molar refractivity (Wildman–Crippen MR) is 57.1 cm³/mol. The van der Waals surface area contributed by atoms with Crippen molar-refractivity contribution < 1.29 is 4.39 Å². The largest absolute Gasteiger partial charge is 0.325 e. The highest BCUT2D eigenvalue weighted by Gasteiger charge is 2.14. The van der Waals surface area contributed by atoms with E-state index in [9.17, 15) is 4.39 Å². The lowest BCUT2D eigenvalue weighted by Gasteiger charge is -2.06. The lowest BCUT2D eigenvalue weighted by atomic mass is 10.1. The van der Waals surface area contributed by atoms with E-state index in [2.05, 4.69) is 4.98 Å². The monoisotopic (exact) mass is 207 g/mol. The Morgan fingerprint density at radius 3 is 2.80 bits per heavy atom. The van der Waals surface area contributed by atoms with Gasteiger partial charge in [0.2, 0.25) is 0 Å². The molecule has 15 heavy (non-hydrogen) atoms. The highest BCUT2D eigenvalue weighted by Crippen LogP contribution is 2.21. The lowest BCUT2D eigenvalue weighted by molar-refractivity contribution is 0.616. The van der Waals surface area contributed by atoms with E-state index < -0.39 is 0 Å². The van der Waals surface area contributed by atoms with Gasteiger partial charge in [0.25, 0.3) is 0 Å². The minimum absolute atomic E-state index is 0.259. The smallest absolute Gasteiger partial charge is 0.139 e. The van der Waals surface area contributed by atoms with Crippen molar-refractivity contribution in [3.8, 4) is 0 Å². The summed E-state index contributed by atoms with van der Waals surface area (Å²) in [7, 11) is 0. The molecule has 0 bridgehead atoms. The topological polar surface area (TPSA) is 43.3 Å². The maximum absolute atomic E-state index is 13.1. The normalized spacial score (nSPS) is 11.5. The van der Waals surface area contributed by atoms with Gasteiger partial charge in [-0.1, -0.05) is 13.8 Å². The Balaban J connectivity index is 2.76. The van der Waals surface area contributed by atoms with Gasteiger partial charge < -0.3 is 10.1 Å². The Kier molecular flexibility index (Phi) is 2.44. The second kappa shape index (κ2) is 3.62. The molecule has 3 nitrogen and oxygen atoms in total. The molecular weight excluding hydrogens is 193 g/mol. The highest BCUT2D eigenvalue weighted by atomic mass is 19.1. The quantitative estimate of drug-likeness (QED) is 0.819. The van der Waals surface area contributed by atoms with Gasteiger partial charge in [0.15, 0.2) is 0 Å². The van der Waals surface area contributed by atoms with Gasteiger partial charge in [-0.05, 0) is 18.1 Å². The zero-order chi connectivity index (χ0) is 11.0. The number of aromatic nitrogens is 2. The lowest BCUT2D eigenvalue weighted by Crippen LogP contribution is -2.04. The Bertz CT molecular complexity index is 488. The Labute approximate surface area is 87.7 Å². The van der Waals surface area contributed by atoms with Crippen LogP contribution >= 0.6 is 0 Å². The number of imidazole rings is 1. The highest BCUT2D eigenvalue weighted by molar-refractivity contribution is 5.44. The Morgan fingerprint density at radius 1 is 1.47 bits per heavy atom. The van der Waals surface area contributed by atoms with Crippen LogP contribution in [-0.4, -0.2) is 9.38 Å². The zero-order valence-corrected chi connectivity index (χ0v) is 8.87. The van der Waals surface area contributed by atoms with Crippen LogP contribution in [0.5, 0.6) is 0 Å². The van der Waals surface area contributed by atoms with Crippen LogP contribution in [0, 0.1) is 5.82 Å². The van der Waals surface area contributed by atoms with Gasteiger partial charge in [0.05, 0.1) is 5.69 Å². The van der Waals surface area contributed by atoms with Crippen molar-refractivity contribution in [3.05, 3.63) is 35.5 Å². The van der Waals surface area contributed by atoms with Gasteiger partial charge in [-0.3, -0.25) is 0 Å². The van der Waals surface area contributed by atoms with Crippen LogP contribution in [0.15, 0.2) is 18.3 Å². The van der Waals surface area contributed by atoms with E-state index in [-0.39, 0.29) is 11.7 Å². The SMILES string of the molecule is CC(C)c1c(CN)nc2ccc(F)cn12. The molecular formula is C11H14FN3. The predicted octanol–water partition coefficient (Wildman–Crippen LogP) is 2.06. The maximum atomic E-state index is 13.1. The third kappa shape index (κ3) is 1.61. The van der Waals surface area contributed by atoms with Crippen molar-refractivity contribution in [2.45, 2.75) is 26.3 Å².